The summed E-state index contributed by atoms with van der Waals surface area (Å²) >= 11 is 1.82. The summed E-state index contributed by atoms with van der Waals surface area (Å²) in [5.41, 5.74) is 2.83. The Balaban J connectivity index is 1.56. The summed E-state index contributed by atoms with van der Waals surface area (Å²) in [4.78, 5) is 8.56. The van der Waals surface area contributed by atoms with Gasteiger partial charge < -0.3 is 5.32 Å². The zero-order valence-corrected chi connectivity index (χ0v) is 13.8. The fourth-order valence-electron chi connectivity index (χ4n) is 4.87. The molecule has 3 aliphatic rings. The van der Waals surface area contributed by atoms with Crippen molar-refractivity contribution in [3.63, 3.8) is 0 Å². The van der Waals surface area contributed by atoms with Crippen LogP contribution in [-0.2, 0) is 6.54 Å². The van der Waals surface area contributed by atoms with Gasteiger partial charge in [-0.1, -0.05) is 32.1 Å². The van der Waals surface area contributed by atoms with Gasteiger partial charge in [-0.25, -0.2) is 0 Å². The predicted octanol–water partition coefficient (Wildman–Crippen LogP) is 3.56. The molecule has 0 radical (unpaired) electrons. The molecule has 0 unspecified atom stereocenters. The zero-order chi connectivity index (χ0) is 14.2. The van der Waals surface area contributed by atoms with E-state index in [1.54, 1.807) is 0 Å². The van der Waals surface area contributed by atoms with Crippen LogP contribution in [-0.4, -0.2) is 34.1 Å². The average molecular weight is 305 g/mol. The molecular formula is C17H27N3S. The molecular weight excluding hydrogens is 278 g/mol. The fraction of sp³-hybridized carbons (Fsp3) is 0.824. The van der Waals surface area contributed by atoms with E-state index in [-0.39, 0.29) is 0 Å². The summed E-state index contributed by atoms with van der Waals surface area (Å²) in [6, 6.07) is 0. The first-order valence-electron chi connectivity index (χ1n) is 8.68. The van der Waals surface area contributed by atoms with Crippen molar-refractivity contribution in [3.8, 4) is 0 Å². The highest BCUT2D eigenvalue weighted by atomic mass is 32.1. The first-order chi connectivity index (χ1) is 10.3. The van der Waals surface area contributed by atoms with Crippen LogP contribution in [0.5, 0.6) is 0 Å². The van der Waals surface area contributed by atoms with E-state index in [1.807, 2.05) is 16.8 Å². The Morgan fingerprint density at radius 3 is 2.57 bits per heavy atom. The topological polar surface area (TPSA) is 28.2 Å². The summed E-state index contributed by atoms with van der Waals surface area (Å²) in [6.07, 6.45) is 14.7. The largest absolute Gasteiger partial charge is 0.308 e. The Labute approximate surface area is 132 Å². The molecule has 2 saturated carbocycles. The first-order valence-corrected chi connectivity index (χ1v) is 9.56. The van der Waals surface area contributed by atoms with Crippen LogP contribution >= 0.6 is 11.3 Å². The number of piperazine rings is 1. The molecule has 4 rings (SSSR count). The number of rotatable bonds is 2. The molecule has 2 heterocycles. The molecule has 1 aromatic heterocycles. The predicted molar refractivity (Wildman–Crippen MR) is 87.5 cm³/mol. The van der Waals surface area contributed by atoms with Crippen LogP contribution in [0.25, 0.3) is 0 Å². The van der Waals surface area contributed by atoms with Gasteiger partial charge in [-0.2, -0.15) is 0 Å². The molecule has 0 bridgehead atoms. The highest BCUT2D eigenvalue weighted by molar-refractivity contribution is 7.09. The van der Waals surface area contributed by atoms with Crippen LogP contribution in [0.3, 0.4) is 0 Å². The van der Waals surface area contributed by atoms with Crippen molar-refractivity contribution < 1.29 is 0 Å². The summed E-state index contributed by atoms with van der Waals surface area (Å²) in [5.74, 6) is 0. The molecule has 0 amide bonds. The molecule has 2 spiro atoms. The van der Waals surface area contributed by atoms with Crippen molar-refractivity contribution in [3.05, 3.63) is 16.6 Å². The summed E-state index contributed by atoms with van der Waals surface area (Å²) in [6.45, 7) is 3.59. The monoisotopic (exact) mass is 305 g/mol. The Bertz CT molecular complexity index is 458. The van der Waals surface area contributed by atoms with Crippen molar-refractivity contribution in [1.82, 2.24) is 15.2 Å². The quantitative estimate of drug-likeness (QED) is 0.905. The van der Waals surface area contributed by atoms with Crippen molar-refractivity contribution in [2.24, 2.45) is 0 Å². The van der Waals surface area contributed by atoms with E-state index in [9.17, 15) is 0 Å². The van der Waals surface area contributed by atoms with Gasteiger partial charge in [0.25, 0.3) is 0 Å². The van der Waals surface area contributed by atoms with Gasteiger partial charge in [-0.15, -0.1) is 11.3 Å². The maximum atomic E-state index is 4.28. The minimum Gasteiger partial charge on any atom is -0.308 e. The summed E-state index contributed by atoms with van der Waals surface area (Å²) in [5, 5.41) is 4.02. The molecule has 3 nitrogen and oxygen atoms in total. The Morgan fingerprint density at radius 2 is 1.86 bits per heavy atom. The smallest absolute Gasteiger partial charge is 0.0794 e. The number of aromatic nitrogens is 1. The van der Waals surface area contributed by atoms with Crippen LogP contribution in [0.1, 0.15) is 62.7 Å². The van der Waals surface area contributed by atoms with E-state index >= 15 is 0 Å². The van der Waals surface area contributed by atoms with Gasteiger partial charge >= 0.3 is 0 Å². The Morgan fingerprint density at radius 1 is 1.10 bits per heavy atom. The van der Waals surface area contributed by atoms with E-state index in [0.29, 0.717) is 11.1 Å². The maximum absolute atomic E-state index is 4.28. The zero-order valence-electron chi connectivity index (χ0n) is 12.9. The molecule has 0 atom stereocenters. The Hall–Kier alpha value is -0.450. The van der Waals surface area contributed by atoms with Crippen molar-refractivity contribution in [1.29, 1.82) is 0 Å². The van der Waals surface area contributed by atoms with Gasteiger partial charge in [0.05, 0.1) is 5.51 Å². The second kappa shape index (κ2) is 5.64. The fourth-order valence-corrected chi connectivity index (χ4v) is 5.48. The lowest BCUT2D eigenvalue weighted by atomic mass is 9.76. The summed E-state index contributed by atoms with van der Waals surface area (Å²) < 4.78 is 0. The third-order valence-electron chi connectivity index (χ3n) is 6.13. The lowest BCUT2D eigenvalue weighted by molar-refractivity contribution is -0.0113. The molecule has 3 fully saturated rings. The van der Waals surface area contributed by atoms with E-state index < -0.39 is 0 Å². The van der Waals surface area contributed by atoms with Crippen molar-refractivity contribution in [2.45, 2.75) is 75.4 Å². The molecule has 1 N–H and O–H groups in total. The Kier molecular flexibility index (Phi) is 3.80. The van der Waals surface area contributed by atoms with Crippen molar-refractivity contribution >= 4 is 11.3 Å². The van der Waals surface area contributed by atoms with Crippen LogP contribution in [0.4, 0.5) is 0 Å². The minimum atomic E-state index is 0.413. The van der Waals surface area contributed by atoms with Gasteiger partial charge in [0.2, 0.25) is 0 Å². The van der Waals surface area contributed by atoms with Gasteiger partial charge in [0.15, 0.2) is 0 Å². The lowest BCUT2D eigenvalue weighted by Crippen LogP contribution is -2.69. The maximum Gasteiger partial charge on any atom is 0.0794 e. The third kappa shape index (κ3) is 2.66. The van der Waals surface area contributed by atoms with E-state index in [0.717, 1.165) is 6.54 Å². The lowest BCUT2D eigenvalue weighted by Gasteiger charge is -2.55. The third-order valence-corrected chi connectivity index (χ3v) is 6.90. The number of thiazole rings is 1. The van der Waals surface area contributed by atoms with E-state index in [1.165, 1.54) is 75.8 Å². The SMILES string of the molecule is c1ncc(CN2CC3(CCCCC3)NCC23CCCC3)s1. The van der Waals surface area contributed by atoms with Gasteiger partial charge in [-0.3, -0.25) is 9.88 Å². The standard InChI is InChI=1S/C17H27N3S/c1-2-6-16(7-3-1)13-20(11-15-10-18-14-21-15)17(12-19-16)8-4-5-9-17/h10,14,19H,1-9,11-13H2. The van der Waals surface area contributed by atoms with Crippen LogP contribution < -0.4 is 5.32 Å². The van der Waals surface area contributed by atoms with Crippen LogP contribution in [0, 0.1) is 0 Å². The van der Waals surface area contributed by atoms with Gasteiger partial charge in [-0.05, 0) is 25.7 Å². The van der Waals surface area contributed by atoms with Gasteiger partial charge in [0.1, 0.15) is 0 Å². The number of hydrogen-bond acceptors (Lipinski definition) is 4. The number of hydrogen-bond donors (Lipinski definition) is 1. The second-order valence-corrected chi connectivity index (χ2v) is 8.42. The highest BCUT2D eigenvalue weighted by Crippen LogP contribution is 2.42. The molecule has 1 aromatic rings. The molecule has 21 heavy (non-hydrogen) atoms. The molecule has 1 aliphatic heterocycles. The van der Waals surface area contributed by atoms with Gasteiger partial charge in [0, 0.05) is 41.8 Å². The molecule has 1 saturated heterocycles. The molecule has 0 aromatic carbocycles. The normalized spacial score (nSPS) is 28.4. The second-order valence-electron chi connectivity index (χ2n) is 7.45. The highest BCUT2D eigenvalue weighted by Gasteiger charge is 2.48. The molecule has 4 heteroatoms. The summed E-state index contributed by atoms with van der Waals surface area (Å²) in [7, 11) is 0. The minimum absolute atomic E-state index is 0.413. The average Bonchev–Trinajstić information content (AvgIpc) is 3.17. The number of nitrogens with zero attached hydrogens (tertiary/aromatic N) is 2. The van der Waals surface area contributed by atoms with E-state index in [2.05, 4.69) is 21.4 Å². The first kappa shape index (κ1) is 14.2. The van der Waals surface area contributed by atoms with Crippen LogP contribution in [0.15, 0.2) is 11.7 Å². The van der Waals surface area contributed by atoms with E-state index in [4.69, 9.17) is 0 Å². The van der Waals surface area contributed by atoms with Crippen molar-refractivity contribution in [2.75, 3.05) is 13.1 Å². The number of nitrogens with one attached hydrogen (secondary N) is 1. The molecule has 2 aliphatic carbocycles. The van der Waals surface area contributed by atoms with Crippen LogP contribution in [0.2, 0.25) is 0 Å². The molecule has 116 valence electrons.